The number of ether oxygens (including phenoxy) is 1. The minimum absolute atomic E-state index is 0.0790. The predicted octanol–water partition coefficient (Wildman–Crippen LogP) is 3.85. The van der Waals surface area contributed by atoms with E-state index >= 15 is 0 Å². The molecule has 4 rings (SSSR count). The van der Waals surface area contributed by atoms with Gasteiger partial charge < -0.3 is 4.74 Å². The van der Waals surface area contributed by atoms with Crippen LogP contribution in [0.3, 0.4) is 0 Å². The van der Waals surface area contributed by atoms with Crippen LogP contribution in [0.4, 0.5) is 10.5 Å². The van der Waals surface area contributed by atoms with E-state index in [1.165, 1.54) is 24.3 Å². The molecule has 28 heavy (non-hydrogen) atoms. The molecule has 0 aromatic heterocycles. The summed E-state index contributed by atoms with van der Waals surface area (Å²) in [6, 6.07) is 19.1. The van der Waals surface area contributed by atoms with Gasteiger partial charge in [-0.15, -0.1) is 0 Å². The van der Waals surface area contributed by atoms with Crippen LogP contribution in [0, 0.1) is 0 Å². The predicted molar refractivity (Wildman–Crippen MR) is 101 cm³/mol. The number of amides is 1. The quantitative estimate of drug-likeness (QED) is 0.427. The molecule has 1 aliphatic rings. The second-order valence-electron chi connectivity index (χ2n) is 6.10. The Bertz CT molecular complexity index is 1130. The number of rotatable bonds is 2. The van der Waals surface area contributed by atoms with E-state index in [9.17, 15) is 19.2 Å². The summed E-state index contributed by atoms with van der Waals surface area (Å²) in [4.78, 5) is 49.8. The van der Waals surface area contributed by atoms with E-state index < -0.39 is 12.1 Å². The highest BCUT2D eigenvalue weighted by molar-refractivity contribution is 6.30. The molecule has 6 heteroatoms. The summed E-state index contributed by atoms with van der Waals surface area (Å²) >= 11 is 0. The van der Waals surface area contributed by atoms with Gasteiger partial charge in [0.05, 0.1) is 16.8 Å². The molecule has 6 nitrogen and oxygen atoms in total. The van der Waals surface area contributed by atoms with Crippen molar-refractivity contribution in [3.63, 3.8) is 0 Å². The third-order valence-electron chi connectivity index (χ3n) is 4.38. The molecule has 0 fully saturated rings. The summed E-state index contributed by atoms with van der Waals surface area (Å²) in [7, 11) is 0. The number of fused-ring (bicyclic) bond motifs is 2. The number of nitrogens with one attached hydrogen (secondary N) is 1. The van der Waals surface area contributed by atoms with E-state index in [-0.39, 0.29) is 39.5 Å². The fourth-order valence-corrected chi connectivity index (χ4v) is 3.10. The highest BCUT2D eigenvalue weighted by Gasteiger charge is 2.31. The number of benzene rings is 3. The lowest BCUT2D eigenvalue weighted by Crippen LogP contribution is -2.25. The molecule has 0 radical (unpaired) electrons. The third-order valence-corrected chi connectivity index (χ3v) is 4.38. The molecule has 136 valence electrons. The van der Waals surface area contributed by atoms with Crippen LogP contribution in [-0.2, 0) is 4.74 Å². The zero-order valence-corrected chi connectivity index (χ0v) is 14.5. The van der Waals surface area contributed by atoms with E-state index in [1.807, 2.05) is 0 Å². The van der Waals surface area contributed by atoms with Crippen LogP contribution >= 0.6 is 0 Å². The van der Waals surface area contributed by atoms with Crippen LogP contribution in [0.2, 0.25) is 0 Å². The zero-order valence-electron chi connectivity index (χ0n) is 14.5. The van der Waals surface area contributed by atoms with Gasteiger partial charge >= 0.3 is 12.1 Å². The van der Waals surface area contributed by atoms with Gasteiger partial charge in [-0.3, -0.25) is 14.9 Å². The second kappa shape index (κ2) is 6.92. The molecule has 0 saturated carbocycles. The van der Waals surface area contributed by atoms with Gasteiger partial charge in [-0.2, -0.15) is 0 Å². The Kier molecular flexibility index (Phi) is 4.29. The molecule has 0 unspecified atom stereocenters. The van der Waals surface area contributed by atoms with E-state index in [0.717, 1.165) is 0 Å². The van der Waals surface area contributed by atoms with Crippen molar-refractivity contribution in [3.05, 3.63) is 101 Å². The van der Waals surface area contributed by atoms with E-state index in [1.54, 1.807) is 48.5 Å². The number of carbonyl (C=O) groups is 4. The van der Waals surface area contributed by atoms with Crippen LogP contribution < -0.4 is 5.32 Å². The van der Waals surface area contributed by atoms with Crippen LogP contribution in [0.25, 0.3) is 0 Å². The molecular formula is C22H13NO5. The number of hydrogen-bond acceptors (Lipinski definition) is 5. The molecule has 0 spiro atoms. The Labute approximate surface area is 159 Å². The molecule has 0 aliphatic heterocycles. The van der Waals surface area contributed by atoms with E-state index in [4.69, 9.17) is 4.74 Å². The Morgan fingerprint density at radius 3 is 2.00 bits per heavy atom. The van der Waals surface area contributed by atoms with Gasteiger partial charge in [0.25, 0.3) is 0 Å². The summed E-state index contributed by atoms with van der Waals surface area (Å²) < 4.78 is 4.78. The van der Waals surface area contributed by atoms with E-state index in [0.29, 0.717) is 5.56 Å². The monoisotopic (exact) mass is 371 g/mol. The highest BCUT2D eigenvalue weighted by atomic mass is 16.6. The van der Waals surface area contributed by atoms with Crippen molar-refractivity contribution in [2.24, 2.45) is 0 Å². The largest absolute Gasteiger partial charge is 0.419 e. The second-order valence-corrected chi connectivity index (χ2v) is 6.10. The average Bonchev–Trinajstić information content (AvgIpc) is 2.72. The number of hydrogen-bond donors (Lipinski definition) is 1. The lowest BCUT2D eigenvalue weighted by atomic mass is 9.83. The van der Waals surface area contributed by atoms with Crippen molar-refractivity contribution in [3.8, 4) is 0 Å². The van der Waals surface area contributed by atoms with Gasteiger partial charge in [0, 0.05) is 16.7 Å². The fraction of sp³-hybridized carbons (Fsp3) is 0. The SMILES string of the molecule is O=C(Nc1cccc2c1C(=O)c1ccccc1C2=O)OC(=O)c1ccccc1. The van der Waals surface area contributed by atoms with Crippen molar-refractivity contribution in [2.75, 3.05) is 5.32 Å². The molecule has 1 aliphatic carbocycles. The van der Waals surface area contributed by atoms with Crippen molar-refractivity contribution < 1.29 is 23.9 Å². The number of carbonyl (C=O) groups excluding carboxylic acids is 4. The van der Waals surface area contributed by atoms with Crippen molar-refractivity contribution in [2.45, 2.75) is 0 Å². The number of anilines is 1. The molecule has 0 atom stereocenters. The number of esters is 1. The maximum Gasteiger partial charge on any atom is 0.419 e. The third kappa shape index (κ3) is 2.97. The lowest BCUT2D eigenvalue weighted by molar-refractivity contribution is 0.0645. The summed E-state index contributed by atoms with van der Waals surface area (Å²) in [6.07, 6.45) is -1.04. The van der Waals surface area contributed by atoms with Crippen LogP contribution in [0.5, 0.6) is 0 Å². The lowest BCUT2D eigenvalue weighted by Gasteiger charge is -2.20. The van der Waals surface area contributed by atoms with Gasteiger partial charge in [0.1, 0.15) is 0 Å². The van der Waals surface area contributed by atoms with Gasteiger partial charge in [0.15, 0.2) is 11.6 Å². The standard InChI is InChI=1S/C22H13NO5/c24-19-14-9-4-5-10-15(14)20(25)18-16(19)11-6-12-17(18)23-22(27)28-21(26)13-7-2-1-3-8-13/h1-12H,(H,23,27). The molecule has 3 aromatic carbocycles. The molecule has 1 N–H and O–H groups in total. The van der Waals surface area contributed by atoms with Crippen LogP contribution in [0.1, 0.15) is 42.2 Å². The molecule has 1 amide bonds. The normalized spacial score (nSPS) is 12.0. The first kappa shape index (κ1) is 17.4. The summed E-state index contributed by atoms with van der Waals surface area (Å²) in [5.74, 6) is -1.51. The molecule has 0 saturated heterocycles. The first-order chi connectivity index (χ1) is 13.6. The summed E-state index contributed by atoms with van der Waals surface area (Å²) in [5.41, 5.74) is 1.18. The minimum atomic E-state index is -1.04. The molecule has 3 aromatic rings. The molecule has 0 bridgehead atoms. The van der Waals surface area contributed by atoms with Gasteiger partial charge in [0.2, 0.25) is 0 Å². The number of ketones is 2. The fourth-order valence-electron chi connectivity index (χ4n) is 3.10. The average molecular weight is 371 g/mol. The summed E-state index contributed by atoms with van der Waals surface area (Å²) in [5, 5.41) is 2.40. The smallest absolute Gasteiger partial charge is 0.372 e. The first-order valence-electron chi connectivity index (χ1n) is 8.46. The highest BCUT2D eigenvalue weighted by Crippen LogP contribution is 2.31. The Morgan fingerprint density at radius 2 is 1.29 bits per heavy atom. The Hall–Kier alpha value is -4.06. The van der Waals surface area contributed by atoms with Crippen LogP contribution in [-0.4, -0.2) is 23.6 Å². The van der Waals surface area contributed by atoms with Crippen LogP contribution in [0.15, 0.2) is 72.8 Å². The van der Waals surface area contributed by atoms with Crippen molar-refractivity contribution >= 4 is 29.3 Å². The van der Waals surface area contributed by atoms with Gasteiger partial charge in [-0.05, 0) is 18.2 Å². The minimum Gasteiger partial charge on any atom is -0.372 e. The zero-order chi connectivity index (χ0) is 19.7. The molecule has 0 heterocycles. The molecular weight excluding hydrogens is 358 g/mol. The summed E-state index contributed by atoms with van der Waals surface area (Å²) in [6.45, 7) is 0. The first-order valence-corrected chi connectivity index (χ1v) is 8.46. The van der Waals surface area contributed by atoms with Gasteiger partial charge in [-0.1, -0.05) is 54.6 Å². The Balaban J connectivity index is 1.62. The maximum atomic E-state index is 12.9. The topological polar surface area (TPSA) is 89.5 Å². The maximum absolute atomic E-state index is 12.9. The Morgan fingerprint density at radius 1 is 0.679 bits per heavy atom. The van der Waals surface area contributed by atoms with Gasteiger partial charge in [-0.25, -0.2) is 9.59 Å². The van der Waals surface area contributed by atoms with E-state index in [2.05, 4.69) is 5.32 Å². The van der Waals surface area contributed by atoms with Crippen molar-refractivity contribution in [1.82, 2.24) is 0 Å². The van der Waals surface area contributed by atoms with Crippen molar-refractivity contribution in [1.29, 1.82) is 0 Å².